The number of hydrogen-bond acceptors (Lipinski definition) is 19. The minimum Gasteiger partial charge on any atom is -0.368 e. The van der Waals surface area contributed by atoms with E-state index in [1.807, 2.05) is 6.92 Å². The van der Waals surface area contributed by atoms with Crippen molar-refractivity contribution in [3.05, 3.63) is 0 Å². The minimum atomic E-state index is -1.23. The third-order valence-corrected chi connectivity index (χ3v) is 13.6. The van der Waals surface area contributed by atoms with Crippen LogP contribution in [0.25, 0.3) is 0 Å². The van der Waals surface area contributed by atoms with Crippen molar-refractivity contribution in [2.45, 2.75) is 96.7 Å². The van der Waals surface area contributed by atoms with Crippen molar-refractivity contribution in [3.63, 3.8) is 0 Å². The maximum Gasteiger partial charge on any atom is 0.243 e. The molecule has 0 aliphatic heterocycles. The van der Waals surface area contributed by atoms with Crippen molar-refractivity contribution >= 4 is 129 Å². The molecule has 0 unspecified atom stereocenters. The number of nitrogens with two attached hydrogens (primary N) is 1. The standard InChI is InChI=1S/C49H84N12O14S4/c1-8-51-15-11-10-14-38(44(50)70)61-47(73)32(17-35(64)21-55-46(72)34(27-77-5)19-37(66)22-56-45(71)33(26-76-4)18-36(65)20-53-30(2)62)13-9-12-16-52-41(67)23-57-48(74)39(28-78-6)60-43(69)25-58-49(75)40(29-79-7)59-42(68)24-54-31(3)63/h32-34,38-40,51H,8-29H2,1-7H3,(H2,50,70)(H,52,67)(H,53,62)(H,54,63)(H,55,72)(H,56,71)(H,57,74)(H,58,75)(H,59,68)(H,60,69)(H,61,73)/t32-,33+,34+,38+,39+,40+/m1/s1/i4D,5D,6D,7D. The van der Waals surface area contributed by atoms with E-state index in [1.165, 1.54) is 13.8 Å². The molecule has 0 saturated heterocycles. The first-order valence-corrected chi connectivity index (χ1v) is 29.9. The third kappa shape index (κ3) is 36.4. The Morgan fingerprint density at radius 1 is 0.418 bits per heavy atom. The van der Waals surface area contributed by atoms with Gasteiger partial charge in [-0.2, -0.15) is 47.0 Å². The molecule has 0 aromatic heterocycles. The molecule has 0 spiro atoms. The zero-order chi connectivity index (χ0) is 62.5. The molecule has 0 heterocycles. The molecule has 0 aromatic rings. The van der Waals surface area contributed by atoms with Crippen molar-refractivity contribution in [2.24, 2.45) is 23.5 Å². The fraction of sp³-hybridized carbons (Fsp3) is 0.714. The normalized spacial score (nSPS) is 13.7. The number of unbranched alkanes of at least 4 members (excludes halogenated alkanes) is 2. The van der Waals surface area contributed by atoms with Crippen LogP contribution in [-0.4, -0.2) is 207 Å². The van der Waals surface area contributed by atoms with Crippen LogP contribution in [-0.2, 0) is 67.1 Å². The van der Waals surface area contributed by atoms with Gasteiger partial charge < -0.3 is 64.2 Å². The van der Waals surface area contributed by atoms with Crippen LogP contribution in [0.5, 0.6) is 0 Å². The highest BCUT2D eigenvalue weighted by Crippen LogP contribution is 2.17. The Morgan fingerprint density at radius 2 is 0.823 bits per heavy atom. The lowest BCUT2D eigenvalue weighted by molar-refractivity contribution is -0.133. The van der Waals surface area contributed by atoms with Crippen LogP contribution in [0.4, 0.5) is 0 Å². The molecule has 0 aliphatic rings. The van der Waals surface area contributed by atoms with E-state index in [1.54, 1.807) is 0 Å². The quantitative estimate of drug-likeness (QED) is 0.0269. The van der Waals surface area contributed by atoms with Gasteiger partial charge in [-0.1, -0.05) is 13.3 Å². The van der Waals surface area contributed by atoms with Crippen LogP contribution < -0.4 is 64.2 Å². The van der Waals surface area contributed by atoms with Crippen molar-refractivity contribution < 1.29 is 72.6 Å². The van der Waals surface area contributed by atoms with Crippen LogP contribution in [0.15, 0.2) is 0 Å². The molecule has 0 rings (SSSR count). The SMILES string of the molecule is [2H]CSC[C@H](CC(=O)CNC(C)=O)C(=O)NCC(=O)C[C@@H](CSC[2H])C(=O)NCC(=O)C[C@@H](CCCCNC(=O)CNC(=O)[C@H](CSC[2H])NC(=O)CNC(=O)[C@H](CSC[2H])NC(=O)CNC(C)=O)C(=O)N[C@@H](CCCCNCC)C(N)=O. The highest BCUT2D eigenvalue weighted by Gasteiger charge is 2.29. The zero-order valence-electron chi connectivity index (χ0n) is 49.3. The molecule has 6 atom stereocenters. The second kappa shape index (κ2) is 44.3. The smallest absolute Gasteiger partial charge is 0.243 e. The van der Waals surface area contributed by atoms with E-state index in [0.717, 1.165) is 53.6 Å². The third-order valence-electron chi connectivity index (χ3n) is 11.2. The number of carbonyl (C=O) groups is 14. The molecule has 0 aromatic carbocycles. The molecular weight excluding hydrogens is 1110 g/mol. The summed E-state index contributed by atoms with van der Waals surface area (Å²) >= 11 is 4.14. The Morgan fingerprint density at radius 3 is 1.29 bits per heavy atom. The Bertz CT molecular complexity index is 2130. The zero-order valence-corrected chi connectivity index (χ0v) is 48.5. The fourth-order valence-electron chi connectivity index (χ4n) is 7.02. The van der Waals surface area contributed by atoms with Gasteiger partial charge in [0.15, 0.2) is 17.3 Å². The van der Waals surface area contributed by atoms with Crippen molar-refractivity contribution in [1.29, 1.82) is 0 Å². The minimum absolute atomic E-state index is 0.0127. The molecule has 0 bridgehead atoms. The summed E-state index contributed by atoms with van der Waals surface area (Å²) in [5, 5.41) is 27.7. The predicted molar refractivity (Wildman–Crippen MR) is 307 cm³/mol. The van der Waals surface area contributed by atoms with E-state index in [-0.39, 0.29) is 99.6 Å². The number of nitrogens with one attached hydrogen (secondary N) is 11. The highest BCUT2D eigenvalue weighted by molar-refractivity contribution is 7.99. The van der Waals surface area contributed by atoms with E-state index >= 15 is 0 Å². The van der Waals surface area contributed by atoms with Gasteiger partial charge in [-0.15, -0.1) is 0 Å². The second-order valence-electron chi connectivity index (χ2n) is 17.9. The first-order chi connectivity index (χ1) is 39.5. The van der Waals surface area contributed by atoms with E-state index in [4.69, 9.17) is 11.2 Å². The molecule has 0 fully saturated rings. The Labute approximate surface area is 485 Å². The average Bonchev–Trinajstić information content (AvgIpc) is 3.47. The van der Waals surface area contributed by atoms with Gasteiger partial charge in [0.05, 0.1) is 51.1 Å². The van der Waals surface area contributed by atoms with Gasteiger partial charge in [0, 0.05) is 74.1 Å². The van der Waals surface area contributed by atoms with Crippen LogP contribution in [0.3, 0.4) is 0 Å². The summed E-state index contributed by atoms with van der Waals surface area (Å²) in [4.78, 5) is 178. The van der Waals surface area contributed by atoms with Gasteiger partial charge in [-0.3, -0.25) is 67.1 Å². The lowest BCUT2D eigenvalue weighted by Gasteiger charge is -2.21. The van der Waals surface area contributed by atoms with Gasteiger partial charge in [-0.25, -0.2) is 0 Å². The number of thioether (sulfide) groups is 4. The summed E-state index contributed by atoms with van der Waals surface area (Å²) in [6.45, 7) is 2.95. The summed E-state index contributed by atoms with van der Waals surface area (Å²) in [7, 11) is 0. The molecule has 0 aliphatic carbocycles. The van der Waals surface area contributed by atoms with Gasteiger partial charge in [-0.05, 0) is 70.1 Å². The molecule has 26 nitrogen and oxygen atoms in total. The van der Waals surface area contributed by atoms with Crippen LogP contribution in [0.2, 0.25) is 0 Å². The first-order valence-electron chi connectivity index (χ1n) is 28.1. The van der Waals surface area contributed by atoms with E-state index < -0.39 is 157 Å². The maximum absolute atomic E-state index is 13.7. The second-order valence-corrected chi connectivity index (χ2v) is 20.9. The topological polar surface area (TPSA) is 397 Å². The van der Waals surface area contributed by atoms with Gasteiger partial charge in [0.25, 0.3) is 0 Å². The predicted octanol–water partition coefficient (Wildman–Crippen LogP) is -3.09. The summed E-state index contributed by atoms with van der Waals surface area (Å²) in [5.74, 6) is -11.8. The number of amides is 11. The molecule has 13 N–H and O–H groups in total. The summed E-state index contributed by atoms with van der Waals surface area (Å²) in [5.41, 5.74) is 5.64. The molecule has 448 valence electrons. The average molecular weight is 1200 g/mol. The fourth-order valence-corrected chi connectivity index (χ4v) is 9.07. The summed E-state index contributed by atoms with van der Waals surface area (Å²) in [6.07, 6.45) is 0.519. The number of carbonyl (C=O) groups excluding carboxylic acids is 14. The van der Waals surface area contributed by atoms with E-state index in [9.17, 15) is 67.1 Å². The summed E-state index contributed by atoms with van der Waals surface area (Å²) in [6, 6.07) is -3.44. The molecule has 30 heteroatoms. The molecular formula is C49H84N12O14S4. The van der Waals surface area contributed by atoms with Gasteiger partial charge in [0.1, 0.15) is 18.1 Å². The number of hydrogen-bond donors (Lipinski definition) is 12. The lowest BCUT2D eigenvalue weighted by Crippen LogP contribution is -2.54. The van der Waals surface area contributed by atoms with Gasteiger partial charge in [0.2, 0.25) is 65.0 Å². The van der Waals surface area contributed by atoms with E-state index in [2.05, 4.69) is 58.5 Å². The molecule has 79 heavy (non-hydrogen) atoms. The molecule has 0 saturated carbocycles. The van der Waals surface area contributed by atoms with Crippen molar-refractivity contribution in [1.82, 2.24) is 58.5 Å². The van der Waals surface area contributed by atoms with E-state index in [0.29, 0.717) is 19.4 Å². The highest BCUT2D eigenvalue weighted by atomic mass is 32.2. The Hall–Kier alpha value is -5.46. The number of ketones is 3. The van der Waals surface area contributed by atoms with Crippen LogP contribution in [0, 0.1) is 17.8 Å². The number of Topliss-reactive ketones (excluding diaryl/α,β-unsaturated/α-hetero) is 3. The monoisotopic (exact) mass is 1200 g/mol. The van der Waals surface area contributed by atoms with Crippen molar-refractivity contribution in [3.8, 4) is 0 Å². The van der Waals surface area contributed by atoms with Crippen molar-refractivity contribution in [2.75, 3.05) is 107 Å². The Balaban J connectivity index is 5.73. The number of rotatable bonds is 46. The lowest BCUT2D eigenvalue weighted by atomic mass is 9.94. The first kappa shape index (κ1) is 66.1. The summed E-state index contributed by atoms with van der Waals surface area (Å²) < 4.78 is 29.8. The number of primary amides is 1. The molecule has 11 amide bonds. The Kier molecular flexibility index (Phi) is 37.0. The maximum atomic E-state index is 13.7. The largest absolute Gasteiger partial charge is 0.368 e. The van der Waals surface area contributed by atoms with Crippen LogP contribution >= 0.6 is 47.0 Å². The van der Waals surface area contributed by atoms with Gasteiger partial charge >= 0.3 is 0 Å². The van der Waals surface area contributed by atoms with Crippen LogP contribution in [0.1, 0.15) is 84.0 Å². The molecule has 0 radical (unpaired) electrons.